The first-order valence-electron chi connectivity index (χ1n) is 20.2. The first-order chi connectivity index (χ1) is 29.3. The van der Waals surface area contributed by atoms with E-state index in [1.165, 1.54) is 71.6 Å². The van der Waals surface area contributed by atoms with Gasteiger partial charge in [-0.2, -0.15) is 0 Å². The van der Waals surface area contributed by atoms with Crippen molar-refractivity contribution in [1.29, 1.82) is 0 Å². The van der Waals surface area contributed by atoms with Crippen LogP contribution in [0.4, 0.5) is 0 Å². The normalized spacial score (nSPS) is 11.4. The summed E-state index contributed by atoms with van der Waals surface area (Å²) in [5, 5.41) is 4.93. The summed E-state index contributed by atoms with van der Waals surface area (Å²) >= 11 is 0. The van der Waals surface area contributed by atoms with Crippen LogP contribution in [0.3, 0.4) is 0 Å². The summed E-state index contributed by atoms with van der Waals surface area (Å²) in [6.45, 7) is 0. The van der Waals surface area contributed by atoms with Crippen LogP contribution in [0.1, 0.15) is 0 Å². The fraction of sp³-hybridized carbons (Fsp3) is 0. The Morgan fingerprint density at radius 1 is 0.288 bits per heavy atom. The summed E-state index contributed by atoms with van der Waals surface area (Å²) in [5.41, 5.74) is 16.3. The van der Waals surface area contributed by atoms with Crippen LogP contribution in [0, 0.1) is 0 Å². The molecule has 1 heterocycles. The van der Waals surface area contributed by atoms with E-state index in [1.807, 2.05) is 6.07 Å². The highest BCUT2D eigenvalue weighted by Gasteiger charge is 2.20. The number of rotatable bonds is 7. The van der Waals surface area contributed by atoms with E-state index >= 15 is 0 Å². The van der Waals surface area contributed by atoms with Crippen molar-refractivity contribution in [3.63, 3.8) is 0 Å². The number of fused-ring (bicyclic) bond motifs is 3. The van der Waals surface area contributed by atoms with Crippen LogP contribution in [0.2, 0.25) is 0 Å². The summed E-state index contributed by atoms with van der Waals surface area (Å²) in [6.07, 6.45) is 0. The maximum absolute atomic E-state index is 5.07. The van der Waals surface area contributed by atoms with Gasteiger partial charge in [-0.05, 0) is 114 Å². The minimum absolute atomic E-state index is 0.935. The number of hydrogen-bond donors (Lipinski definition) is 0. The lowest BCUT2D eigenvalue weighted by molar-refractivity contribution is 1.10. The van der Waals surface area contributed by atoms with Gasteiger partial charge in [0.05, 0.1) is 11.0 Å². The predicted molar refractivity (Wildman–Crippen MR) is 249 cm³/mol. The molecule has 0 saturated heterocycles. The lowest BCUT2D eigenvalue weighted by atomic mass is 9.83. The third kappa shape index (κ3) is 6.10. The lowest BCUT2D eigenvalue weighted by Crippen LogP contribution is -1.97. The van der Waals surface area contributed by atoms with Gasteiger partial charge >= 0.3 is 0 Å². The van der Waals surface area contributed by atoms with E-state index in [4.69, 9.17) is 4.98 Å². The molecule has 2 heteroatoms. The van der Waals surface area contributed by atoms with E-state index in [9.17, 15) is 0 Å². The van der Waals surface area contributed by atoms with Crippen molar-refractivity contribution in [2.24, 2.45) is 0 Å². The predicted octanol–water partition coefficient (Wildman–Crippen LogP) is 15.3. The molecule has 0 aliphatic heterocycles. The highest BCUT2D eigenvalue weighted by atomic mass is 15.1. The second-order valence-electron chi connectivity index (χ2n) is 15.1. The molecule has 0 spiro atoms. The van der Waals surface area contributed by atoms with Gasteiger partial charge in [0.2, 0.25) is 0 Å². The van der Waals surface area contributed by atoms with Gasteiger partial charge in [0.1, 0.15) is 5.82 Å². The second kappa shape index (κ2) is 14.6. The Morgan fingerprint density at radius 3 is 1.32 bits per heavy atom. The van der Waals surface area contributed by atoms with Gasteiger partial charge in [-0.1, -0.05) is 194 Å². The number of imidazole rings is 1. The standard InChI is InChI=1S/C57H38N2/c1-5-17-40(18-6-1)47-25-13-14-26-48(47)45-32-36-50-52(38-45)56(42-21-9-3-10-22-42)49-35-31-44(37-51(49)55(50)41-19-7-2-8-20-41)39-29-33-46(34-30-39)59-54-28-16-15-27-53(54)58-57(59)43-23-11-4-12-24-43/h1-38H. The molecule has 1 aromatic heterocycles. The van der Waals surface area contributed by atoms with Crippen LogP contribution in [0.25, 0.3) is 105 Å². The minimum Gasteiger partial charge on any atom is -0.292 e. The highest BCUT2D eigenvalue weighted by Crippen LogP contribution is 2.46. The summed E-state index contributed by atoms with van der Waals surface area (Å²) in [4.78, 5) is 5.07. The third-order valence-electron chi connectivity index (χ3n) is 11.6. The molecule has 0 atom stereocenters. The van der Waals surface area contributed by atoms with Gasteiger partial charge in [-0.25, -0.2) is 4.98 Å². The van der Waals surface area contributed by atoms with Crippen molar-refractivity contribution in [2.75, 3.05) is 0 Å². The Balaban J connectivity index is 1.11. The fourth-order valence-corrected chi connectivity index (χ4v) is 8.88. The molecule has 11 rings (SSSR count). The Bertz CT molecular complexity index is 3280. The smallest absolute Gasteiger partial charge is 0.145 e. The molecule has 0 saturated carbocycles. The maximum atomic E-state index is 5.07. The topological polar surface area (TPSA) is 17.8 Å². The van der Waals surface area contributed by atoms with E-state index in [-0.39, 0.29) is 0 Å². The molecule has 0 radical (unpaired) electrons. The second-order valence-corrected chi connectivity index (χ2v) is 15.1. The molecule has 0 bridgehead atoms. The van der Waals surface area contributed by atoms with Crippen LogP contribution in [0.15, 0.2) is 231 Å². The molecule has 0 aliphatic rings. The van der Waals surface area contributed by atoms with Gasteiger partial charge in [0.15, 0.2) is 0 Å². The zero-order valence-corrected chi connectivity index (χ0v) is 32.3. The Labute approximate surface area is 344 Å². The van der Waals surface area contributed by atoms with Crippen molar-refractivity contribution in [3.05, 3.63) is 231 Å². The summed E-state index contributed by atoms with van der Waals surface area (Å²) in [6, 6.07) is 83.1. The van der Waals surface area contributed by atoms with Crippen molar-refractivity contribution in [3.8, 4) is 72.7 Å². The summed E-state index contributed by atoms with van der Waals surface area (Å²) < 4.78 is 2.27. The largest absolute Gasteiger partial charge is 0.292 e. The van der Waals surface area contributed by atoms with Crippen LogP contribution in [-0.2, 0) is 0 Å². The van der Waals surface area contributed by atoms with E-state index in [1.54, 1.807) is 0 Å². The molecule has 0 amide bonds. The van der Waals surface area contributed by atoms with Gasteiger partial charge < -0.3 is 0 Å². The number of nitrogens with zero attached hydrogens (tertiary/aromatic N) is 2. The fourth-order valence-electron chi connectivity index (χ4n) is 8.88. The molecule has 10 aromatic carbocycles. The van der Waals surface area contributed by atoms with Crippen molar-refractivity contribution in [2.45, 2.75) is 0 Å². The van der Waals surface area contributed by atoms with Crippen LogP contribution in [0.5, 0.6) is 0 Å². The zero-order valence-electron chi connectivity index (χ0n) is 32.3. The Morgan fingerprint density at radius 2 is 0.729 bits per heavy atom. The SMILES string of the molecule is c1ccc(-c2ccccc2-c2ccc3c(-c4ccccc4)c4cc(-c5ccc(-n6c(-c7ccccc7)nc7ccccc76)cc5)ccc4c(-c4ccccc4)c3c2)cc1. The van der Waals surface area contributed by atoms with Crippen LogP contribution < -0.4 is 0 Å². The molecule has 11 aromatic rings. The Kier molecular flexibility index (Phi) is 8.52. The van der Waals surface area contributed by atoms with Crippen molar-refractivity contribution in [1.82, 2.24) is 9.55 Å². The Hall–Kier alpha value is -7.81. The van der Waals surface area contributed by atoms with Crippen molar-refractivity contribution >= 4 is 32.6 Å². The average molecular weight is 751 g/mol. The molecular formula is C57H38N2. The zero-order chi connectivity index (χ0) is 39.1. The molecule has 0 unspecified atom stereocenters. The quantitative estimate of drug-likeness (QED) is 0.148. The minimum atomic E-state index is 0.935. The molecule has 0 fully saturated rings. The van der Waals surface area contributed by atoms with E-state index in [0.29, 0.717) is 0 Å². The van der Waals surface area contributed by atoms with E-state index < -0.39 is 0 Å². The van der Waals surface area contributed by atoms with Gasteiger partial charge in [0, 0.05) is 11.3 Å². The van der Waals surface area contributed by atoms with Crippen molar-refractivity contribution < 1.29 is 0 Å². The lowest BCUT2D eigenvalue weighted by Gasteiger charge is -2.20. The highest BCUT2D eigenvalue weighted by molar-refractivity contribution is 6.22. The van der Waals surface area contributed by atoms with Gasteiger partial charge in [-0.15, -0.1) is 0 Å². The van der Waals surface area contributed by atoms with E-state index in [0.717, 1.165) is 33.7 Å². The van der Waals surface area contributed by atoms with E-state index in [2.05, 4.69) is 229 Å². The molecular weight excluding hydrogens is 713 g/mol. The molecule has 2 nitrogen and oxygen atoms in total. The number of benzene rings is 10. The number of aromatic nitrogens is 2. The first kappa shape index (κ1) is 34.4. The molecule has 0 N–H and O–H groups in total. The molecule has 276 valence electrons. The number of para-hydroxylation sites is 2. The van der Waals surface area contributed by atoms with Crippen LogP contribution in [-0.4, -0.2) is 9.55 Å². The average Bonchev–Trinajstić information content (AvgIpc) is 3.71. The number of hydrogen-bond acceptors (Lipinski definition) is 1. The maximum Gasteiger partial charge on any atom is 0.145 e. The monoisotopic (exact) mass is 750 g/mol. The van der Waals surface area contributed by atoms with Gasteiger partial charge in [-0.3, -0.25) is 4.57 Å². The van der Waals surface area contributed by atoms with Gasteiger partial charge in [0.25, 0.3) is 0 Å². The summed E-state index contributed by atoms with van der Waals surface area (Å²) in [5.74, 6) is 0.935. The summed E-state index contributed by atoms with van der Waals surface area (Å²) in [7, 11) is 0. The first-order valence-corrected chi connectivity index (χ1v) is 20.2. The van der Waals surface area contributed by atoms with Crippen LogP contribution >= 0.6 is 0 Å². The molecule has 0 aliphatic carbocycles. The third-order valence-corrected chi connectivity index (χ3v) is 11.6. The molecule has 59 heavy (non-hydrogen) atoms.